The highest BCUT2D eigenvalue weighted by atomic mass is 32.2. The van der Waals surface area contributed by atoms with Crippen LogP contribution in [0.25, 0.3) is 0 Å². The maximum Gasteiger partial charge on any atom is 0.320 e. The summed E-state index contributed by atoms with van der Waals surface area (Å²) < 4.78 is 30.8. The molecule has 1 aliphatic heterocycles. The van der Waals surface area contributed by atoms with Gasteiger partial charge in [0.05, 0.1) is 11.3 Å². The summed E-state index contributed by atoms with van der Waals surface area (Å²) in [4.78, 5) is 0. The molecule has 0 amide bonds. The Morgan fingerprint density at radius 3 is 2.19 bits per heavy atom. The van der Waals surface area contributed by atoms with Crippen molar-refractivity contribution < 1.29 is 8.42 Å². The minimum absolute atomic E-state index is 0.514. The van der Waals surface area contributed by atoms with E-state index in [4.69, 9.17) is 0 Å². The maximum atomic E-state index is 12.1. The molecular weight excluding hydrogens is 284 g/mol. The molecule has 1 atom stereocenters. The van der Waals surface area contributed by atoms with E-state index < -0.39 is 15.7 Å². The van der Waals surface area contributed by atoms with E-state index in [1.54, 1.807) is 0 Å². The van der Waals surface area contributed by atoms with E-state index in [1.807, 2.05) is 67.6 Å². The summed E-state index contributed by atoms with van der Waals surface area (Å²) in [5.41, 5.74) is 1.66. The quantitative estimate of drug-likeness (QED) is 0.927. The maximum absolute atomic E-state index is 12.1. The smallest absolute Gasteiger partial charge is 0.187 e. The van der Waals surface area contributed by atoms with Gasteiger partial charge in [-0.1, -0.05) is 60.7 Å². The molecule has 1 unspecified atom stereocenters. The zero-order valence-corrected chi connectivity index (χ0v) is 12.5. The second kappa shape index (κ2) is 5.09. The largest absolute Gasteiger partial charge is 0.320 e. The molecule has 0 saturated heterocycles. The summed E-state index contributed by atoms with van der Waals surface area (Å²) >= 11 is 0. The molecule has 1 N–H and O–H groups in total. The van der Waals surface area contributed by atoms with Gasteiger partial charge in [-0.05, 0) is 18.1 Å². The minimum atomic E-state index is -3.70. The third-order valence-corrected chi connectivity index (χ3v) is 4.79. The van der Waals surface area contributed by atoms with Crippen molar-refractivity contribution in [3.05, 3.63) is 71.8 Å². The van der Waals surface area contributed by atoms with Crippen molar-refractivity contribution in [2.75, 3.05) is 0 Å². The van der Waals surface area contributed by atoms with Crippen LogP contribution in [0.4, 0.5) is 0 Å². The normalized spacial score (nSPS) is 24.3. The molecule has 0 saturated carbocycles. The van der Waals surface area contributed by atoms with Crippen LogP contribution >= 0.6 is 0 Å². The molecule has 21 heavy (non-hydrogen) atoms. The molecular formula is C16H16N2O2S. The molecule has 0 radical (unpaired) electrons. The third-order valence-electron chi connectivity index (χ3n) is 3.62. The molecule has 3 rings (SSSR count). The van der Waals surface area contributed by atoms with Crippen molar-refractivity contribution in [2.45, 2.75) is 18.9 Å². The van der Waals surface area contributed by atoms with Gasteiger partial charge in [0.15, 0.2) is 0 Å². The number of nitrogens with zero attached hydrogens (tertiary/aromatic N) is 1. The first kappa shape index (κ1) is 14.0. The molecule has 1 heterocycles. The molecule has 2 aromatic rings. The Morgan fingerprint density at radius 1 is 1.00 bits per heavy atom. The molecule has 1 aliphatic rings. The second-order valence-electron chi connectivity index (χ2n) is 5.36. The topological polar surface area (TPSA) is 58.5 Å². The highest BCUT2D eigenvalue weighted by Crippen LogP contribution is 2.31. The second-order valence-corrected chi connectivity index (χ2v) is 6.69. The molecule has 0 aliphatic carbocycles. The lowest BCUT2D eigenvalue weighted by Gasteiger charge is -2.34. The zero-order valence-electron chi connectivity index (χ0n) is 11.7. The van der Waals surface area contributed by atoms with Crippen LogP contribution in [0.5, 0.6) is 0 Å². The van der Waals surface area contributed by atoms with Gasteiger partial charge in [-0.2, -0.15) is 17.5 Å². The average molecular weight is 300 g/mol. The Kier molecular flexibility index (Phi) is 3.39. The Labute approximate surface area is 124 Å². The SMILES string of the molecule is CC1(c2ccccc2)CC(c2ccccc2)=NS(=O)(=O)N1. The van der Waals surface area contributed by atoms with E-state index >= 15 is 0 Å². The number of nitrogens with one attached hydrogen (secondary N) is 1. The number of benzene rings is 2. The van der Waals surface area contributed by atoms with Crippen LogP contribution in [0.1, 0.15) is 24.5 Å². The lowest BCUT2D eigenvalue weighted by atomic mass is 9.86. The van der Waals surface area contributed by atoms with Gasteiger partial charge in [0, 0.05) is 6.42 Å². The molecule has 108 valence electrons. The number of rotatable bonds is 2. The Bertz CT molecular complexity index is 770. The first-order chi connectivity index (χ1) is 9.99. The zero-order chi connectivity index (χ0) is 14.9. The predicted molar refractivity (Wildman–Crippen MR) is 83.4 cm³/mol. The summed E-state index contributed by atoms with van der Waals surface area (Å²) in [5, 5.41) is 0. The van der Waals surface area contributed by atoms with Gasteiger partial charge in [-0.3, -0.25) is 0 Å². The van der Waals surface area contributed by atoms with Crippen LogP contribution in [0.15, 0.2) is 65.1 Å². The van der Waals surface area contributed by atoms with Crippen LogP contribution in [0.2, 0.25) is 0 Å². The lowest BCUT2D eigenvalue weighted by Crippen LogP contribution is -2.47. The van der Waals surface area contributed by atoms with Crippen molar-refractivity contribution in [1.82, 2.24) is 4.72 Å². The van der Waals surface area contributed by atoms with Crippen molar-refractivity contribution in [2.24, 2.45) is 4.40 Å². The average Bonchev–Trinajstić information content (AvgIpc) is 2.47. The summed E-state index contributed by atoms with van der Waals surface area (Å²) in [6.07, 6.45) is 0.514. The monoisotopic (exact) mass is 300 g/mol. The fourth-order valence-corrected chi connectivity index (χ4v) is 3.87. The highest BCUT2D eigenvalue weighted by Gasteiger charge is 2.37. The molecule has 0 aromatic heterocycles. The number of hydrogen-bond acceptors (Lipinski definition) is 2. The molecule has 5 heteroatoms. The van der Waals surface area contributed by atoms with E-state index in [9.17, 15) is 8.42 Å². The van der Waals surface area contributed by atoms with E-state index in [2.05, 4.69) is 9.12 Å². The van der Waals surface area contributed by atoms with Crippen molar-refractivity contribution in [3.63, 3.8) is 0 Å². The van der Waals surface area contributed by atoms with E-state index in [0.29, 0.717) is 12.1 Å². The highest BCUT2D eigenvalue weighted by molar-refractivity contribution is 7.88. The van der Waals surface area contributed by atoms with Crippen LogP contribution in [-0.4, -0.2) is 14.1 Å². The van der Waals surface area contributed by atoms with Crippen LogP contribution in [-0.2, 0) is 15.7 Å². The molecule has 4 nitrogen and oxygen atoms in total. The molecule has 0 fully saturated rings. The Hall–Kier alpha value is -1.98. The standard InChI is InChI=1S/C16H16N2O2S/c1-16(14-10-6-3-7-11-14)12-15(17-21(19,20)18-16)13-8-4-2-5-9-13/h2-11,18H,12H2,1H3. The van der Waals surface area contributed by atoms with Crippen molar-refractivity contribution >= 4 is 15.9 Å². The predicted octanol–water partition coefficient (Wildman–Crippen LogP) is 2.63. The van der Waals surface area contributed by atoms with Crippen molar-refractivity contribution in [1.29, 1.82) is 0 Å². The molecule has 0 spiro atoms. The fraction of sp³-hybridized carbons (Fsp3) is 0.188. The first-order valence-corrected chi connectivity index (χ1v) is 8.16. The van der Waals surface area contributed by atoms with E-state index in [-0.39, 0.29) is 0 Å². The van der Waals surface area contributed by atoms with Crippen LogP contribution < -0.4 is 4.72 Å². The summed E-state index contributed by atoms with van der Waals surface area (Å²) in [6.45, 7) is 1.89. The van der Waals surface area contributed by atoms with E-state index in [0.717, 1.165) is 11.1 Å². The van der Waals surface area contributed by atoms with Gasteiger partial charge in [0.1, 0.15) is 0 Å². The van der Waals surface area contributed by atoms with Crippen molar-refractivity contribution in [3.8, 4) is 0 Å². The fourth-order valence-electron chi connectivity index (χ4n) is 2.61. The van der Waals surface area contributed by atoms with Gasteiger partial charge in [-0.25, -0.2) is 0 Å². The summed E-state index contributed by atoms with van der Waals surface area (Å²) in [7, 11) is -3.70. The van der Waals surface area contributed by atoms with Gasteiger partial charge in [-0.15, -0.1) is 0 Å². The molecule has 0 bridgehead atoms. The summed E-state index contributed by atoms with van der Waals surface area (Å²) in [5.74, 6) is 0. The molecule has 2 aromatic carbocycles. The first-order valence-electron chi connectivity index (χ1n) is 6.72. The lowest BCUT2D eigenvalue weighted by molar-refractivity contribution is 0.439. The third kappa shape index (κ3) is 2.89. The Morgan fingerprint density at radius 2 is 1.57 bits per heavy atom. The Balaban J connectivity index is 2.07. The summed E-state index contributed by atoms with van der Waals surface area (Å²) in [6, 6.07) is 19.0. The van der Waals surface area contributed by atoms with Crippen LogP contribution in [0, 0.1) is 0 Å². The van der Waals surface area contributed by atoms with Crippen LogP contribution in [0.3, 0.4) is 0 Å². The van der Waals surface area contributed by atoms with E-state index in [1.165, 1.54) is 0 Å². The minimum Gasteiger partial charge on any atom is -0.187 e. The number of hydrogen-bond donors (Lipinski definition) is 1. The van der Waals surface area contributed by atoms with Gasteiger partial charge in [0.2, 0.25) is 0 Å². The van der Waals surface area contributed by atoms with Gasteiger partial charge < -0.3 is 0 Å². The van der Waals surface area contributed by atoms with Gasteiger partial charge >= 0.3 is 10.2 Å². The van der Waals surface area contributed by atoms with Gasteiger partial charge in [0.25, 0.3) is 0 Å².